The van der Waals surface area contributed by atoms with Crippen LogP contribution in [-0.4, -0.2) is 53.5 Å². The van der Waals surface area contributed by atoms with Gasteiger partial charge < -0.3 is 25.0 Å². The van der Waals surface area contributed by atoms with E-state index < -0.39 is 22.8 Å². The van der Waals surface area contributed by atoms with Crippen LogP contribution in [0.2, 0.25) is 0 Å². The second-order valence-corrected chi connectivity index (χ2v) is 5.65. The highest BCUT2D eigenvalue weighted by atomic mass is 19.1. The molecule has 1 aromatic heterocycles. The Morgan fingerprint density at radius 2 is 2.00 bits per heavy atom. The Morgan fingerprint density at radius 3 is 2.62 bits per heavy atom. The molecule has 0 unspecified atom stereocenters. The van der Waals surface area contributed by atoms with E-state index >= 15 is 0 Å². The minimum Gasteiger partial charge on any atom is -0.477 e. The highest BCUT2D eigenvalue weighted by molar-refractivity contribution is 5.93. The fraction of sp³-hybridized carbons (Fsp3) is 0.375. The van der Waals surface area contributed by atoms with Gasteiger partial charge in [0, 0.05) is 44.3 Å². The molecule has 3 N–H and O–H groups in total. The van der Waals surface area contributed by atoms with Crippen molar-refractivity contribution in [2.75, 3.05) is 37.7 Å². The molecule has 1 aliphatic rings. The average molecular weight is 335 g/mol. The topological polar surface area (TPSA) is 94.8 Å². The summed E-state index contributed by atoms with van der Waals surface area (Å²) in [6.45, 7) is 2.64. The minimum atomic E-state index is -1.37. The van der Waals surface area contributed by atoms with Gasteiger partial charge in [-0.15, -0.1) is 0 Å². The van der Waals surface area contributed by atoms with Crippen molar-refractivity contribution in [1.29, 1.82) is 0 Å². The number of carboxylic acids is 1. The fourth-order valence-corrected chi connectivity index (χ4v) is 2.99. The lowest BCUT2D eigenvalue weighted by molar-refractivity contribution is 0.0694. The van der Waals surface area contributed by atoms with Crippen LogP contribution in [-0.2, 0) is 6.54 Å². The van der Waals surface area contributed by atoms with E-state index in [0.717, 1.165) is 19.2 Å². The van der Waals surface area contributed by atoms with Crippen LogP contribution in [0.1, 0.15) is 10.4 Å². The number of nitrogens with one attached hydrogen (secondary N) is 1. The smallest absolute Gasteiger partial charge is 0.341 e. The van der Waals surface area contributed by atoms with Crippen LogP contribution in [0.25, 0.3) is 10.9 Å². The monoisotopic (exact) mass is 335 g/mol. The molecule has 0 bridgehead atoms. The van der Waals surface area contributed by atoms with Crippen LogP contribution in [0, 0.1) is 5.82 Å². The van der Waals surface area contributed by atoms with Crippen LogP contribution in [0.5, 0.6) is 0 Å². The summed E-state index contributed by atoms with van der Waals surface area (Å²) in [6.07, 6.45) is 1.20. The third-order valence-electron chi connectivity index (χ3n) is 4.18. The number of nitrogens with zero attached hydrogens (tertiary/aromatic N) is 2. The van der Waals surface area contributed by atoms with E-state index in [1.54, 1.807) is 6.07 Å². The van der Waals surface area contributed by atoms with Gasteiger partial charge in [-0.05, 0) is 12.1 Å². The van der Waals surface area contributed by atoms with Crippen LogP contribution < -0.4 is 15.6 Å². The average Bonchev–Trinajstić information content (AvgIpc) is 2.57. The number of pyridine rings is 1. The first kappa shape index (κ1) is 16.4. The van der Waals surface area contributed by atoms with Crippen molar-refractivity contribution in [1.82, 2.24) is 9.88 Å². The summed E-state index contributed by atoms with van der Waals surface area (Å²) < 4.78 is 16.0. The molecule has 2 aromatic rings. The number of carboxylic acid groups (broad SMARTS) is 1. The van der Waals surface area contributed by atoms with Crippen molar-refractivity contribution >= 4 is 22.6 Å². The van der Waals surface area contributed by atoms with E-state index in [1.807, 2.05) is 4.90 Å². The van der Waals surface area contributed by atoms with E-state index in [9.17, 15) is 19.1 Å². The van der Waals surface area contributed by atoms with Crippen LogP contribution in [0.3, 0.4) is 0 Å². The normalized spacial score (nSPS) is 15.0. The van der Waals surface area contributed by atoms with Gasteiger partial charge in [0.1, 0.15) is 11.4 Å². The van der Waals surface area contributed by atoms with Gasteiger partial charge in [0.25, 0.3) is 0 Å². The van der Waals surface area contributed by atoms with Gasteiger partial charge in [0.2, 0.25) is 5.43 Å². The number of hydrogen-bond donors (Lipinski definition) is 3. The summed E-state index contributed by atoms with van der Waals surface area (Å²) in [7, 11) is 0. The zero-order valence-electron chi connectivity index (χ0n) is 13.0. The summed E-state index contributed by atoms with van der Waals surface area (Å²) in [5.41, 5.74) is -0.380. The van der Waals surface area contributed by atoms with Gasteiger partial charge in [0.05, 0.1) is 17.8 Å². The minimum absolute atomic E-state index is 0.000246. The third-order valence-corrected chi connectivity index (χ3v) is 4.18. The van der Waals surface area contributed by atoms with E-state index in [2.05, 4.69) is 5.32 Å². The van der Waals surface area contributed by atoms with Gasteiger partial charge in [-0.1, -0.05) is 0 Å². The number of carbonyl (C=O) groups is 1. The molecule has 1 aliphatic heterocycles. The Labute approximate surface area is 136 Å². The highest BCUT2D eigenvalue weighted by Crippen LogP contribution is 2.25. The number of aromatic carboxylic acids is 1. The molecule has 0 atom stereocenters. The predicted molar refractivity (Wildman–Crippen MR) is 87.3 cm³/mol. The molecule has 3 rings (SSSR count). The molecule has 0 spiro atoms. The van der Waals surface area contributed by atoms with Crippen molar-refractivity contribution < 1.29 is 19.4 Å². The van der Waals surface area contributed by atoms with Crippen molar-refractivity contribution in [3.8, 4) is 0 Å². The Balaban J connectivity index is 2.24. The summed E-state index contributed by atoms with van der Waals surface area (Å²) in [5.74, 6) is -1.93. The zero-order valence-corrected chi connectivity index (χ0v) is 13.0. The van der Waals surface area contributed by atoms with Gasteiger partial charge in [-0.25, -0.2) is 9.18 Å². The number of aromatic nitrogens is 1. The maximum atomic E-state index is 14.5. The molecule has 0 saturated carbocycles. The lowest BCUT2D eigenvalue weighted by Gasteiger charge is -2.30. The van der Waals surface area contributed by atoms with Crippen molar-refractivity contribution in [2.24, 2.45) is 0 Å². The Morgan fingerprint density at radius 1 is 1.29 bits per heavy atom. The molecule has 0 radical (unpaired) electrons. The molecule has 2 heterocycles. The molecule has 8 heteroatoms. The molecule has 1 saturated heterocycles. The van der Waals surface area contributed by atoms with E-state index in [4.69, 9.17) is 5.11 Å². The predicted octanol–water partition coefficient (Wildman–Crippen LogP) is 0.241. The number of halogens is 1. The summed E-state index contributed by atoms with van der Waals surface area (Å²) in [4.78, 5) is 25.4. The van der Waals surface area contributed by atoms with Crippen LogP contribution in [0.15, 0.2) is 23.1 Å². The number of aliphatic hydroxyl groups excluding tert-OH is 1. The second-order valence-electron chi connectivity index (χ2n) is 5.65. The fourth-order valence-electron chi connectivity index (χ4n) is 2.99. The van der Waals surface area contributed by atoms with Gasteiger partial charge in [-0.3, -0.25) is 4.79 Å². The quantitative estimate of drug-likeness (QED) is 0.741. The maximum absolute atomic E-state index is 14.5. The van der Waals surface area contributed by atoms with Crippen molar-refractivity contribution in [2.45, 2.75) is 6.54 Å². The Kier molecular flexibility index (Phi) is 4.50. The zero-order chi connectivity index (χ0) is 17.3. The SMILES string of the molecule is O=C(O)c1cn(CCO)c2cc(N3CCNCC3)c(F)cc2c1=O. The van der Waals surface area contributed by atoms with E-state index in [1.165, 1.54) is 10.8 Å². The largest absolute Gasteiger partial charge is 0.477 e. The molecular weight excluding hydrogens is 317 g/mol. The molecule has 24 heavy (non-hydrogen) atoms. The Bertz CT molecular complexity index is 843. The molecule has 0 aliphatic carbocycles. The number of aliphatic hydroxyl groups is 1. The van der Waals surface area contributed by atoms with Gasteiger partial charge >= 0.3 is 5.97 Å². The van der Waals surface area contributed by atoms with E-state index in [0.29, 0.717) is 24.3 Å². The summed E-state index contributed by atoms with van der Waals surface area (Å²) >= 11 is 0. The third kappa shape index (κ3) is 2.85. The molecular formula is C16H18FN3O4. The van der Waals surface area contributed by atoms with Gasteiger partial charge in [-0.2, -0.15) is 0 Å². The number of piperazine rings is 1. The first-order chi connectivity index (χ1) is 11.5. The van der Waals surface area contributed by atoms with Crippen LogP contribution in [0.4, 0.5) is 10.1 Å². The van der Waals surface area contributed by atoms with Crippen molar-refractivity contribution in [3.05, 3.63) is 39.9 Å². The number of anilines is 1. The maximum Gasteiger partial charge on any atom is 0.341 e. The molecule has 0 amide bonds. The molecule has 1 fully saturated rings. The van der Waals surface area contributed by atoms with E-state index in [-0.39, 0.29) is 18.5 Å². The lowest BCUT2D eigenvalue weighted by atomic mass is 10.1. The second kappa shape index (κ2) is 6.58. The molecule has 7 nitrogen and oxygen atoms in total. The lowest BCUT2D eigenvalue weighted by Crippen LogP contribution is -2.43. The first-order valence-electron chi connectivity index (χ1n) is 7.69. The summed E-state index contributed by atoms with van der Waals surface area (Å²) in [6, 6.07) is 2.65. The molecule has 1 aromatic carbocycles. The number of fused-ring (bicyclic) bond motifs is 1. The number of hydrogen-bond acceptors (Lipinski definition) is 5. The number of rotatable bonds is 4. The standard InChI is InChI=1S/C16H18FN3O4/c17-12-7-10-13(8-14(12)19-3-1-18-2-4-19)20(5-6-21)9-11(15(10)22)16(23)24/h7-9,18,21H,1-6H2,(H,23,24). The molecule has 128 valence electrons. The highest BCUT2D eigenvalue weighted by Gasteiger charge is 2.20. The summed E-state index contributed by atoms with van der Waals surface area (Å²) in [5, 5.41) is 21.6. The Hall–Kier alpha value is -2.45. The first-order valence-corrected chi connectivity index (χ1v) is 7.69. The van der Waals surface area contributed by atoms with Crippen LogP contribution >= 0.6 is 0 Å². The van der Waals surface area contributed by atoms with Crippen molar-refractivity contribution in [3.63, 3.8) is 0 Å². The number of benzene rings is 1. The van der Waals surface area contributed by atoms with Gasteiger partial charge in [0.15, 0.2) is 0 Å².